The summed E-state index contributed by atoms with van der Waals surface area (Å²) in [5.74, 6) is 0. The predicted octanol–water partition coefficient (Wildman–Crippen LogP) is 6.13. The van der Waals surface area contributed by atoms with E-state index in [0.29, 0.717) is 5.02 Å². The molecule has 1 aromatic heterocycles. The summed E-state index contributed by atoms with van der Waals surface area (Å²) in [6.45, 7) is 0. The highest BCUT2D eigenvalue weighted by Crippen LogP contribution is 2.37. The van der Waals surface area contributed by atoms with Crippen molar-refractivity contribution in [2.24, 2.45) is 5.73 Å². The number of benzene rings is 2. The van der Waals surface area contributed by atoms with Crippen LogP contribution in [0.2, 0.25) is 5.02 Å². The smallest absolute Gasteiger partial charge is 0.0888 e. The molecule has 0 fully saturated rings. The van der Waals surface area contributed by atoms with Crippen molar-refractivity contribution in [1.29, 1.82) is 0 Å². The lowest BCUT2D eigenvalue weighted by atomic mass is 10.0. The molecule has 0 bridgehead atoms. The summed E-state index contributed by atoms with van der Waals surface area (Å²) in [6, 6.07) is 14.3. The van der Waals surface area contributed by atoms with Gasteiger partial charge in [-0.3, -0.25) is 0 Å². The van der Waals surface area contributed by atoms with Crippen LogP contribution < -0.4 is 5.73 Å². The van der Waals surface area contributed by atoms with E-state index < -0.39 is 0 Å². The number of halogens is 3. The van der Waals surface area contributed by atoms with Crippen LogP contribution in [0.4, 0.5) is 0 Å². The minimum absolute atomic E-state index is 0.156. The zero-order valence-corrected chi connectivity index (χ0v) is 15.0. The fraction of sp³-hybridized carbons (Fsp3) is 0.0667. The number of rotatable bonds is 2. The van der Waals surface area contributed by atoms with Gasteiger partial charge in [-0.1, -0.05) is 45.7 Å². The highest BCUT2D eigenvalue weighted by atomic mass is 79.9. The van der Waals surface area contributed by atoms with E-state index in [1.165, 1.54) is 10.8 Å². The van der Waals surface area contributed by atoms with E-state index in [1.54, 1.807) is 11.3 Å². The van der Waals surface area contributed by atoms with E-state index in [0.717, 1.165) is 18.7 Å². The molecule has 5 heteroatoms. The van der Waals surface area contributed by atoms with Gasteiger partial charge in [0.1, 0.15) is 0 Å². The molecule has 0 spiro atoms. The third-order valence-corrected chi connectivity index (χ3v) is 6.21. The van der Waals surface area contributed by atoms with E-state index in [1.807, 2.05) is 12.1 Å². The molecule has 0 aliphatic rings. The van der Waals surface area contributed by atoms with Crippen molar-refractivity contribution < 1.29 is 0 Å². The maximum atomic E-state index is 6.34. The molecule has 20 heavy (non-hydrogen) atoms. The molecule has 0 aliphatic heterocycles. The van der Waals surface area contributed by atoms with Crippen LogP contribution in [0.15, 0.2) is 50.7 Å². The molecule has 0 saturated carbocycles. The second kappa shape index (κ2) is 5.78. The van der Waals surface area contributed by atoms with E-state index in [4.69, 9.17) is 17.3 Å². The summed E-state index contributed by atoms with van der Waals surface area (Å²) in [5, 5.41) is 3.09. The molecule has 1 unspecified atom stereocenters. The third-order valence-electron chi connectivity index (χ3n) is 3.16. The lowest BCUT2D eigenvalue weighted by molar-refractivity contribution is 0.896. The van der Waals surface area contributed by atoms with Gasteiger partial charge in [0.25, 0.3) is 0 Å². The van der Waals surface area contributed by atoms with E-state index >= 15 is 0 Å². The van der Waals surface area contributed by atoms with Crippen molar-refractivity contribution in [3.8, 4) is 0 Å². The van der Waals surface area contributed by atoms with Gasteiger partial charge in [-0.25, -0.2) is 0 Å². The number of fused-ring (bicyclic) bond motifs is 1. The van der Waals surface area contributed by atoms with Gasteiger partial charge >= 0.3 is 0 Å². The zero-order valence-electron chi connectivity index (χ0n) is 10.2. The average molecular weight is 432 g/mol. The Morgan fingerprint density at radius 1 is 1.00 bits per heavy atom. The Balaban J connectivity index is 2.03. The first-order valence-electron chi connectivity index (χ1n) is 5.94. The monoisotopic (exact) mass is 429 g/mol. The van der Waals surface area contributed by atoms with Crippen molar-refractivity contribution in [2.75, 3.05) is 0 Å². The summed E-state index contributed by atoms with van der Waals surface area (Å²) in [7, 11) is 0. The van der Waals surface area contributed by atoms with Gasteiger partial charge in [-0.15, -0.1) is 11.3 Å². The van der Waals surface area contributed by atoms with Gasteiger partial charge in [0.05, 0.1) is 14.9 Å². The van der Waals surface area contributed by atoms with Gasteiger partial charge in [-0.2, -0.15) is 0 Å². The Kier molecular flexibility index (Phi) is 4.20. The Bertz CT molecular complexity index is 765. The maximum Gasteiger partial charge on any atom is 0.0888 e. The van der Waals surface area contributed by atoms with Crippen LogP contribution in [0, 0.1) is 0 Å². The summed E-state index contributed by atoms with van der Waals surface area (Å²) < 4.78 is 2.00. The maximum absolute atomic E-state index is 6.34. The molecule has 1 atom stereocenters. The fourth-order valence-electron chi connectivity index (χ4n) is 2.11. The molecule has 0 aliphatic carbocycles. The average Bonchev–Trinajstić information content (AvgIpc) is 2.77. The van der Waals surface area contributed by atoms with Crippen LogP contribution >= 0.6 is 54.8 Å². The minimum Gasteiger partial charge on any atom is -0.320 e. The molecule has 102 valence electrons. The molecule has 3 rings (SSSR count). The highest BCUT2D eigenvalue weighted by molar-refractivity contribution is 9.11. The first-order chi connectivity index (χ1) is 9.54. The normalized spacial score (nSPS) is 12.8. The first kappa shape index (κ1) is 14.5. The molecule has 0 amide bonds. The molecule has 3 aromatic rings. The van der Waals surface area contributed by atoms with Gasteiger partial charge < -0.3 is 5.73 Å². The number of nitrogens with two attached hydrogens (primary N) is 1. The van der Waals surface area contributed by atoms with Gasteiger partial charge in [0, 0.05) is 9.35 Å². The molecular formula is C15H10Br2ClNS. The summed E-state index contributed by atoms with van der Waals surface area (Å²) in [6.07, 6.45) is 0. The molecule has 2 aromatic carbocycles. The Labute approximate surface area is 143 Å². The van der Waals surface area contributed by atoms with Crippen LogP contribution in [0.5, 0.6) is 0 Å². The second-order valence-corrected chi connectivity index (χ2v) is 8.22. The molecule has 0 saturated heterocycles. The van der Waals surface area contributed by atoms with Crippen molar-refractivity contribution >= 4 is 65.6 Å². The number of hydrogen-bond donors (Lipinski definition) is 1. The van der Waals surface area contributed by atoms with Gasteiger partial charge in [0.15, 0.2) is 0 Å². The van der Waals surface area contributed by atoms with E-state index in [2.05, 4.69) is 62.2 Å². The minimum atomic E-state index is -0.156. The van der Waals surface area contributed by atoms with Crippen LogP contribution in [-0.4, -0.2) is 0 Å². The lowest BCUT2D eigenvalue weighted by Crippen LogP contribution is -2.09. The summed E-state index contributed by atoms with van der Waals surface area (Å²) >= 11 is 14.6. The fourth-order valence-corrected chi connectivity index (χ4v) is 4.26. The van der Waals surface area contributed by atoms with Crippen molar-refractivity contribution in [2.45, 2.75) is 6.04 Å². The van der Waals surface area contributed by atoms with Crippen LogP contribution in [0.3, 0.4) is 0 Å². The van der Waals surface area contributed by atoms with Crippen molar-refractivity contribution in [1.82, 2.24) is 0 Å². The van der Waals surface area contributed by atoms with Crippen molar-refractivity contribution in [3.05, 3.63) is 66.2 Å². The van der Waals surface area contributed by atoms with Crippen molar-refractivity contribution in [3.63, 3.8) is 0 Å². The largest absolute Gasteiger partial charge is 0.320 e. The van der Waals surface area contributed by atoms with Crippen LogP contribution in [0.1, 0.15) is 16.5 Å². The third kappa shape index (κ3) is 2.81. The zero-order chi connectivity index (χ0) is 14.3. The van der Waals surface area contributed by atoms with Crippen LogP contribution in [0.25, 0.3) is 10.8 Å². The number of hydrogen-bond acceptors (Lipinski definition) is 2. The van der Waals surface area contributed by atoms with E-state index in [-0.39, 0.29) is 6.04 Å². The lowest BCUT2D eigenvalue weighted by Gasteiger charge is -2.11. The van der Waals surface area contributed by atoms with Gasteiger partial charge in [0.2, 0.25) is 0 Å². The molecule has 0 radical (unpaired) electrons. The Morgan fingerprint density at radius 2 is 1.70 bits per heavy atom. The van der Waals surface area contributed by atoms with Gasteiger partial charge in [-0.05, 0) is 56.5 Å². The molecular weight excluding hydrogens is 421 g/mol. The summed E-state index contributed by atoms with van der Waals surface area (Å²) in [4.78, 5) is 1.05. The highest BCUT2D eigenvalue weighted by Gasteiger charge is 2.14. The molecule has 2 N–H and O–H groups in total. The summed E-state index contributed by atoms with van der Waals surface area (Å²) in [5.41, 5.74) is 7.43. The first-order valence-corrected chi connectivity index (χ1v) is 8.72. The Hall–Kier alpha value is -0.390. The predicted molar refractivity (Wildman–Crippen MR) is 94.7 cm³/mol. The Morgan fingerprint density at radius 3 is 2.40 bits per heavy atom. The molecule has 1 nitrogen and oxygen atoms in total. The molecule has 1 heterocycles. The van der Waals surface area contributed by atoms with E-state index in [9.17, 15) is 0 Å². The second-order valence-electron chi connectivity index (χ2n) is 4.50. The standard InChI is InChI=1S/C15H10Br2ClNS/c16-11-4-3-8-5-10(2-1-9(8)6-11)14(19)13-7-12(18)15(17)20-13/h1-7,14H,19H2. The topological polar surface area (TPSA) is 26.0 Å². The van der Waals surface area contributed by atoms with Crippen LogP contribution in [-0.2, 0) is 0 Å². The quantitative estimate of drug-likeness (QED) is 0.519. The SMILES string of the molecule is NC(c1ccc2cc(Br)ccc2c1)c1cc(Cl)c(Br)s1. The number of thiophene rings is 1.